The predicted octanol–water partition coefficient (Wildman–Crippen LogP) is 4.34. The maximum Gasteiger partial charge on any atom is 0.287 e. The van der Waals surface area contributed by atoms with Crippen LogP contribution >= 0.6 is 11.6 Å². The van der Waals surface area contributed by atoms with Crippen LogP contribution in [-0.2, 0) is 13.1 Å². The van der Waals surface area contributed by atoms with E-state index in [0.717, 1.165) is 37.0 Å². The Hall–Kier alpha value is -1.78. The van der Waals surface area contributed by atoms with Crippen LogP contribution in [0.4, 0.5) is 0 Å². The lowest BCUT2D eigenvalue weighted by Crippen LogP contribution is -2.38. The second kappa shape index (κ2) is 8.07. The highest BCUT2D eigenvalue weighted by Crippen LogP contribution is 2.23. The van der Waals surface area contributed by atoms with Crippen LogP contribution in [-0.4, -0.2) is 23.9 Å². The van der Waals surface area contributed by atoms with Gasteiger partial charge in [0.1, 0.15) is 0 Å². The number of nitrogens with zero attached hydrogens (tertiary/aromatic N) is 1. The fraction of sp³-hybridized carbons (Fsp3) is 0.450. The fourth-order valence-corrected chi connectivity index (χ4v) is 3.89. The molecule has 2 heterocycles. The van der Waals surface area contributed by atoms with Crippen molar-refractivity contribution in [3.05, 3.63) is 58.5 Å². The monoisotopic (exact) mass is 360 g/mol. The normalized spacial score (nSPS) is 21.2. The van der Waals surface area contributed by atoms with E-state index in [9.17, 15) is 4.79 Å². The number of benzene rings is 1. The molecule has 1 saturated heterocycles. The molecule has 1 aromatic carbocycles. The largest absolute Gasteiger partial charge is 0.440 e. The average Bonchev–Trinajstić information content (AvgIpc) is 2.99. The molecule has 2 unspecified atom stereocenters. The summed E-state index contributed by atoms with van der Waals surface area (Å²) in [4.78, 5) is 14.7. The van der Waals surface area contributed by atoms with E-state index in [1.54, 1.807) is 12.1 Å². The van der Waals surface area contributed by atoms with Gasteiger partial charge in [0, 0.05) is 26.2 Å². The molecule has 0 radical (unpaired) electrons. The molecule has 25 heavy (non-hydrogen) atoms. The van der Waals surface area contributed by atoms with Crippen LogP contribution in [0.3, 0.4) is 0 Å². The van der Waals surface area contributed by atoms with Gasteiger partial charge in [-0.15, -0.1) is 0 Å². The van der Waals surface area contributed by atoms with E-state index < -0.39 is 0 Å². The molecule has 1 aliphatic rings. The molecule has 0 spiro atoms. The number of piperidine rings is 1. The number of likely N-dealkylation sites (tertiary alicyclic amines) is 1. The van der Waals surface area contributed by atoms with Crippen LogP contribution in [0.15, 0.2) is 40.8 Å². The van der Waals surface area contributed by atoms with Gasteiger partial charge >= 0.3 is 0 Å². The number of carbonyl (C=O) groups excluding carboxylic acids is 1. The molecule has 5 heteroatoms. The number of amides is 1. The molecule has 1 amide bonds. The molecule has 1 aliphatic heterocycles. The van der Waals surface area contributed by atoms with E-state index in [-0.39, 0.29) is 16.9 Å². The SMILES string of the molecule is CC1CC(C)CN(Cc2ccccc2CNC(=O)c2ccc(Cl)o2)C1. The Labute approximate surface area is 154 Å². The third-order valence-corrected chi connectivity index (χ3v) is 4.90. The molecule has 0 aliphatic carbocycles. The second-order valence-corrected chi connectivity index (χ2v) is 7.57. The molecule has 3 rings (SSSR count). The van der Waals surface area contributed by atoms with Crippen molar-refractivity contribution < 1.29 is 9.21 Å². The summed E-state index contributed by atoms with van der Waals surface area (Å²) >= 11 is 5.73. The lowest BCUT2D eigenvalue weighted by atomic mass is 9.91. The summed E-state index contributed by atoms with van der Waals surface area (Å²) in [6.45, 7) is 8.32. The van der Waals surface area contributed by atoms with Crippen molar-refractivity contribution in [2.45, 2.75) is 33.4 Å². The summed E-state index contributed by atoms with van der Waals surface area (Å²) in [6.07, 6.45) is 1.31. The van der Waals surface area contributed by atoms with Crippen LogP contribution in [0.1, 0.15) is 41.9 Å². The van der Waals surface area contributed by atoms with Crippen molar-refractivity contribution in [3.63, 3.8) is 0 Å². The molecule has 0 bridgehead atoms. The second-order valence-electron chi connectivity index (χ2n) is 7.20. The number of hydrogen-bond donors (Lipinski definition) is 1. The van der Waals surface area contributed by atoms with Gasteiger partial charge in [0.15, 0.2) is 11.0 Å². The molecule has 2 aromatic rings. The molecule has 134 valence electrons. The Morgan fingerprint density at radius 1 is 1.16 bits per heavy atom. The highest BCUT2D eigenvalue weighted by molar-refractivity contribution is 6.29. The summed E-state index contributed by atoms with van der Waals surface area (Å²) in [5.41, 5.74) is 2.40. The first kappa shape index (κ1) is 18.0. The first-order valence-electron chi connectivity index (χ1n) is 8.84. The van der Waals surface area contributed by atoms with Gasteiger partial charge < -0.3 is 9.73 Å². The number of hydrogen-bond acceptors (Lipinski definition) is 3. The molecule has 2 atom stereocenters. The number of halogens is 1. The van der Waals surface area contributed by atoms with Crippen molar-refractivity contribution in [1.29, 1.82) is 0 Å². The van der Waals surface area contributed by atoms with E-state index in [4.69, 9.17) is 16.0 Å². The van der Waals surface area contributed by atoms with Crippen LogP contribution < -0.4 is 5.32 Å². The average molecular weight is 361 g/mol. The van der Waals surface area contributed by atoms with Gasteiger partial charge in [0.05, 0.1) is 0 Å². The zero-order chi connectivity index (χ0) is 17.8. The van der Waals surface area contributed by atoms with Crippen molar-refractivity contribution in [2.75, 3.05) is 13.1 Å². The number of rotatable bonds is 5. The Morgan fingerprint density at radius 2 is 1.84 bits per heavy atom. The van der Waals surface area contributed by atoms with Crippen LogP contribution in [0.5, 0.6) is 0 Å². The third kappa shape index (κ3) is 4.86. The lowest BCUT2D eigenvalue weighted by molar-refractivity contribution is 0.0923. The lowest BCUT2D eigenvalue weighted by Gasteiger charge is -2.35. The molecule has 4 nitrogen and oxygen atoms in total. The van der Waals surface area contributed by atoms with Crippen molar-refractivity contribution in [1.82, 2.24) is 10.2 Å². The smallest absolute Gasteiger partial charge is 0.287 e. The maximum absolute atomic E-state index is 12.1. The van der Waals surface area contributed by atoms with Gasteiger partial charge in [-0.1, -0.05) is 38.1 Å². The zero-order valence-corrected chi connectivity index (χ0v) is 15.6. The van der Waals surface area contributed by atoms with Crippen molar-refractivity contribution in [2.24, 2.45) is 11.8 Å². The summed E-state index contributed by atoms with van der Waals surface area (Å²) in [5, 5.41) is 3.14. The molecule has 1 N–H and O–H groups in total. The highest BCUT2D eigenvalue weighted by Gasteiger charge is 2.22. The number of furan rings is 1. The van der Waals surface area contributed by atoms with Crippen LogP contribution in [0.2, 0.25) is 5.22 Å². The van der Waals surface area contributed by atoms with Crippen LogP contribution in [0.25, 0.3) is 0 Å². The van der Waals surface area contributed by atoms with E-state index in [1.165, 1.54) is 12.0 Å². The van der Waals surface area contributed by atoms with E-state index in [0.29, 0.717) is 6.54 Å². The molecular formula is C20H25ClN2O2. The summed E-state index contributed by atoms with van der Waals surface area (Å²) in [5.74, 6) is 1.46. The first-order chi connectivity index (χ1) is 12.0. The fourth-order valence-electron chi connectivity index (χ4n) is 3.75. The van der Waals surface area contributed by atoms with Crippen molar-refractivity contribution in [3.8, 4) is 0 Å². The minimum absolute atomic E-state index is 0.221. The van der Waals surface area contributed by atoms with Gasteiger partial charge in [-0.3, -0.25) is 9.69 Å². The Bertz CT molecular complexity index is 718. The zero-order valence-electron chi connectivity index (χ0n) is 14.8. The van der Waals surface area contributed by atoms with Crippen molar-refractivity contribution >= 4 is 17.5 Å². The molecule has 0 saturated carbocycles. The Morgan fingerprint density at radius 3 is 2.48 bits per heavy atom. The van der Waals surface area contributed by atoms with E-state index in [2.05, 4.69) is 42.3 Å². The first-order valence-corrected chi connectivity index (χ1v) is 9.21. The van der Waals surface area contributed by atoms with Crippen LogP contribution in [0, 0.1) is 11.8 Å². The molecule has 1 aromatic heterocycles. The molecule has 1 fully saturated rings. The molecular weight excluding hydrogens is 336 g/mol. The third-order valence-electron chi connectivity index (χ3n) is 4.69. The quantitative estimate of drug-likeness (QED) is 0.862. The number of nitrogens with one attached hydrogen (secondary N) is 1. The predicted molar refractivity (Wildman–Crippen MR) is 99.6 cm³/mol. The van der Waals surface area contributed by atoms with Gasteiger partial charge in [-0.25, -0.2) is 0 Å². The van der Waals surface area contributed by atoms with Gasteiger partial charge in [0.2, 0.25) is 0 Å². The highest BCUT2D eigenvalue weighted by atomic mass is 35.5. The summed E-state index contributed by atoms with van der Waals surface area (Å²) in [6, 6.07) is 11.4. The van der Waals surface area contributed by atoms with E-state index in [1.807, 2.05) is 6.07 Å². The van der Waals surface area contributed by atoms with Gasteiger partial charge in [0.25, 0.3) is 5.91 Å². The van der Waals surface area contributed by atoms with Gasteiger partial charge in [-0.05, 0) is 53.1 Å². The summed E-state index contributed by atoms with van der Waals surface area (Å²) < 4.78 is 5.15. The summed E-state index contributed by atoms with van der Waals surface area (Å²) in [7, 11) is 0. The maximum atomic E-state index is 12.1. The van der Waals surface area contributed by atoms with Gasteiger partial charge in [-0.2, -0.15) is 0 Å². The topological polar surface area (TPSA) is 45.5 Å². The Balaban J connectivity index is 1.63. The Kier molecular flexibility index (Phi) is 5.82. The minimum Gasteiger partial charge on any atom is -0.440 e. The number of carbonyl (C=O) groups is 1. The van der Waals surface area contributed by atoms with E-state index >= 15 is 0 Å². The minimum atomic E-state index is -0.248. The standard InChI is InChI=1S/C20H25ClN2O2/c1-14-9-15(2)12-23(11-14)13-17-6-4-3-5-16(17)10-22-20(24)18-7-8-19(21)25-18/h3-8,14-15H,9-13H2,1-2H3,(H,22,24).